The van der Waals surface area contributed by atoms with Gasteiger partial charge in [0, 0.05) is 23.7 Å². The lowest BCUT2D eigenvalue weighted by Gasteiger charge is -2.19. The average molecular weight is 444 g/mol. The molecule has 0 fully saturated rings. The number of nitrogens with one attached hydrogen (secondary N) is 2. The van der Waals surface area contributed by atoms with Gasteiger partial charge in [-0.2, -0.15) is 20.1 Å². The Morgan fingerprint density at radius 3 is 2.55 bits per heavy atom. The van der Waals surface area contributed by atoms with Gasteiger partial charge in [-0.15, -0.1) is 0 Å². The molecule has 2 N–H and O–H groups in total. The molecule has 162 valence electrons. The zero-order valence-corrected chi connectivity index (χ0v) is 18.2. The van der Waals surface area contributed by atoms with Crippen molar-refractivity contribution < 1.29 is 9.13 Å². The van der Waals surface area contributed by atoms with E-state index in [1.54, 1.807) is 43.5 Å². The molecule has 8 nitrogen and oxygen atoms in total. The van der Waals surface area contributed by atoms with Crippen molar-refractivity contribution in [3.05, 3.63) is 58.9 Å². The van der Waals surface area contributed by atoms with E-state index >= 15 is 0 Å². The van der Waals surface area contributed by atoms with E-state index in [-0.39, 0.29) is 17.7 Å². The Balaban J connectivity index is 1.91. The Bertz CT molecular complexity index is 1060. The monoisotopic (exact) mass is 443 g/mol. The van der Waals surface area contributed by atoms with Crippen molar-refractivity contribution in [2.45, 2.75) is 13.8 Å². The van der Waals surface area contributed by atoms with Crippen molar-refractivity contribution in [3.63, 3.8) is 0 Å². The van der Waals surface area contributed by atoms with Gasteiger partial charge in [-0.1, -0.05) is 29.8 Å². The lowest BCUT2D eigenvalue weighted by atomic mass is 10.2. The van der Waals surface area contributed by atoms with Gasteiger partial charge in [-0.3, -0.25) is 0 Å². The van der Waals surface area contributed by atoms with Crippen LogP contribution in [0.3, 0.4) is 0 Å². The molecule has 1 aromatic heterocycles. The summed E-state index contributed by atoms with van der Waals surface area (Å²) in [6.45, 7) is 5.42. The lowest BCUT2D eigenvalue weighted by molar-refractivity contribution is 0.417. The predicted octanol–water partition coefficient (Wildman–Crippen LogP) is 4.71. The molecule has 10 heteroatoms. The molecule has 0 aliphatic carbocycles. The molecule has 3 aromatic rings. The molecular weight excluding hydrogens is 421 g/mol. The van der Waals surface area contributed by atoms with Crippen LogP contribution in [0.25, 0.3) is 0 Å². The van der Waals surface area contributed by atoms with Crippen LogP contribution in [0.1, 0.15) is 19.4 Å². The topological polar surface area (TPSA) is 87.6 Å². The number of methoxy groups -OCH3 is 1. The largest absolute Gasteiger partial charge is 0.495 e. The molecule has 0 aliphatic heterocycles. The number of ether oxygens (including phenoxy) is 1. The van der Waals surface area contributed by atoms with Crippen LogP contribution in [-0.4, -0.2) is 41.4 Å². The number of hydrazone groups is 1. The number of benzene rings is 2. The summed E-state index contributed by atoms with van der Waals surface area (Å²) in [4.78, 5) is 15.2. The molecule has 0 bridgehead atoms. The number of nitrogens with zero attached hydrogens (tertiary/aromatic N) is 5. The van der Waals surface area contributed by atoms with Gasteiger partial charge in [0.15, 0.2) is 0 Å². The van der Waals surface area contributed by atoms with Crippen LogP contribution in [0, 0.1) is 5.82 Å². The number of aromatic nitrogens is 3. The number of rotatable bonds is 9. The third-order valence-corrected chi connectivity index (χ3v) is 4.59. The average Bonchev–Trinajstić information content (AvgIpc) is 2.76. The van der Waals surface area contributed by atoms with Gasteiger partial charge in [-0.25, -0.2) is 9.82 Å². The Hall–Kier alpha value is -3.46. The Labute approximate surface area is 185 Å². The Morgan fingerprint density at radius 1 is 1.10 bits per heavy atom. The summed E-state index contributed by atoms with van der Waals surface area (Å²) in [7, 11) is 1.56. The first-order valence-electron chi connectivity index (χ1n) is 9.69. The highest BCUT2D eigenvalue weighted by atomic mass is 35.5. The standard InChI is InChI=1S/C21H23ClFN7O/c1-4-30(5-2)21-27-19(25-17-12-15(22)10-11-18(17)31-3)26-20(28-21)29-24-13-14-8-6-7-9-16(14)23/h6-13H,4-5H2,1-3H3,(H2,25,26,27,28,29)/b24-13-. The number of hydrogen-bond acceptors (Lipinski definition) is 8. The summed E-state index contributed by atoms with van der Waals surface area (Å²) in [6.07, 6.45) is 1.36. The third kappa shape index (κ3) is 5.79. The fourth-order valence-electron chi connectivity index (χ4n) is 2.76. The summed E-state index contributed by atoms with van der Waals surface area (Å²) >= 11 is 6.12. The van der Waals surface area contributed by atoms with Crippen molar-refractivity contribution in [2.75, 3.05) is 35.8 Å². The molecule has 0 saturated carbocycles. The van der Waals surface area contributed by atoms with E-state index < -0.39 is 0 Å². The summed E-state index contributed by atoms with van der Waals surface area (Å²) in [5.74, 6) is 1.16. The SMILES string of the molecule is CCN(CC)c1nc(N/N=C\c2ccccc2F)nc(Nc2cc(Cl)ccc2OC)n1. The highest BCUT2D eigenvalue weighted by Crippen LogP contribution is 2.30. The maximum atomic E-state index is 13.8. The van der Waals surface area contributed by atoms with Crippen LogP contribution < -0.4 is 20.4 Å². The molecule has 1 heterocycles. The second-order valence-corrected chi connectivity index (χ2v) is 6.75. The zero-order valence-electron chi connectivity index (χ0n) is 17.4. The van der Waals surface area contributed by atoms with Crippen LogP contribution in [-0.2, 0) is 0 Å². The Kier molecular flexibility index (Phi) is 7.55. The van der Waals surface area contributed by atoms with E-state index in [9.17, 15) is 4.39 Å². The van der Waals surface area contributed by atoms with E-state index in [0.29, 0.717) is 41.1 Å². The minimum atomic E-state index is -0.372. The van der Waals surface area contributed by atoms with E-state index in [1.807, 2.05) is 18.7 Å². The van der Waals surface area contributed by atoms with Crippen LogP contribution in [0.15, 0.2) is 47.6 Å². The smallest absolute Gasteiger partial charge is 0.250 e. The van der Waals surface area contributed by atoms with Crippen LogP contribution in [0.4, 0.5) is 27.9 Å². The van der Waals surface area contributed by atoms with Crippen molar-refractivity contribution in [3.8, 4) is 5.75 Å². The van der Waals surface area contributed by atoms with Gasteiger partial charge in [0.2, 0.25) is 17.8 Å². The maximum Gasteiger partial charge on any atom is 0.250 e. The second-order valence-electron chi connectivity index (χ2n) is 6.32. The van der Waals surface area contributed by atoms with Gasteiger partial charge in [0.25, 0.3) is 0 Å². The highest BCUT2D eigenvalue weighted by Gasteiger charge is 2.13. The maximum absolute atomic E-state index is 13.8. The fraction of sp³-hybridized carbons (Fsp3) is 0.238. The Morgan fingerprint density at radius 2 is 1.84 bits per heavy atom. The molecule has 0 radical (unpaired) electrons. The normalized spacial score (nSPS) is 10.9. The van der Waals surface area contributed by atoms with E-state index in [0.717, 1.165) is 0 Å². The van der Waals surface area contributed by atoms with Crippen molar-refractivity contribution in [1.82, 2.24) is 15.0 Å². The third-order valence-electron chi connectivity index (χ3n) is 4.35. The van der Waals surface area contributed by atoms with Crippen LogP contribution in [0.2, 0.25) is 5.02 Å². The molecule has 0 unspecified atom stereocenters. The summed E-state index contributed by atoms with van der Waals surface area (Å²) in [5.41, 5.74) is 3.69. The number of halogens is 2. The minimum absolute atomic E-state index is 0.202. The molecule has 31 heavy (non-hydrogen) atoms. The van der Waals surface area contributed by atoms with Crippen LogP contribution >= 0.6 is 11.6 Å². The van der Waals surface area contributed by atoms with Gasteiger partial charge in [-0.05, 0) is 38.1 Å². The summed E-state index contributed by atoms with van der Waals surface area (Å²) in [5, 5.41) is 7.71. The molecule has 0 saturated heterocycles. The van der Waals surface area contributed by atoms with Gasteiger partial charge >= 0.3 is 0 Å². The molecule has 2 aromatic carbocycles. The zero-order chi connectivity index (χ0) is 22.2. The van der Waals surface area contributed by atoms with E-state index in [2.05, 4.69) is 30.8 Å². The lowest BCUT2D eigenvalue weighted by Crippen LogP contribution is -2.25. The molecule has 0 atom stereocenters. The second kappa shape index (κ2) is 10.5. The number of anilines is 4. The van der Waals surface area contributed by atoms with E-state index in [1.165, 1.54) is 12.3 Å². The van der Waals surface area contributed by atoms with Gasteiger partial charge in [0.1, 0.15) is 11.6 Å². The van der Waals surface area contributed by atoms with Crippen LogP contribution in [0.5, 0.6) is 5.75 Å². The summed E-state index contributed by atoms with van der Waals surface area (Å²) in [6, 6.07) is 11.5. The molecule has 0 spiro atoms. The minimum Gasteiger partial charge on any atom is -0.495 e. The van der Waals surface area contributed by atoms with Crippen molar-refractivity contribution >= 4 is 41.3 Å². The molecule has 3 rings (SSSR count). The molecule has 0 amide bonds. The van der Waals surface area contributed by atoms with Gasteiger partial charge < -0.3 is 15.0 Å². The highest BCUT2D eigenvalue weighted by molar-refractivity contribution is 6.31. The van der Waals surface area contributed by atoms with Gasteiger partial charge in [0.05, 0.1) is 19.0 Å². The van der Waals surface area contributed by atoms with E-state index in [4.69, 9.17) is 16.3 Å². The fourth-order valence-corrected chi connectivity index (χ4v) is 2.93. The first kappa shape index (κ1) is 22.2. The van der Waals surface area contributed by atoms with Crippen molar-refractivity contribution in [1.29, 1.82) is 0 Å². The first-order valence-corrected chi connectivity index (χ1v) is 10.1. The van der Waals surface area contributed by atoms with Crippen molar-refractivity contribution in [2.24, 2.45) is 5.10 Å². The molecule has 0 aliphatic rings. The first-order chi connectivity index (χ1) is 15.0. The predicted molar refractivity (Wildman–Crippen MR) is 122 cm³/mol. The number of hydrogen-bond donors (Lipinski definition) is 2. The summed E-state index contributed by atoms with van der Waals surface area (Å²) < 4.78 is 19.2. The molecular formula is C21H23ClFN7O. The quantitative estimate of drug-likeness (QED) is 0.366.